The van der Waals surface area contributed by atoms with Crippen LogP contribution in [-0.2, 0) is 27.5 Å². The lowest BCUT2D eigenvalue weighted by Gasteiger charge is -2.08. The van der Waals surface area contributed by atoms with E-state index in [1.54, 1.807) is 0 Å². The van der Waals surface area contributed by atoms with Gasteiger partial charge in [0.05, 0.1) is 6.04 Å². The van der Waals surface area contributed by atoms with Crippen LogP contribution in [0.15, 0.2) is 60.7 Å². The maximum absolute atomic E-state index is 12.4. The van der Waals surface area contributed by atoms with Crippen molar-refractivity contribution < 1.29 is 19.1 Å². The molecule has 0 spiro atoms. The molecule has 0 N–H and O–H groups in total. The van der Waals surface area contributed by atoms with Gasteiger partial charge in [0, 0.05) is 0 Å². The molecule has 0 radical (unpaired) electrons. The first-order valence-electron chi connectivity index (χ1n) is 8.77. The zero-order valence-corrected chi connectivity index (χ0v) is 15.0. The highest BCUT2D eigenvalue weighted by Crippen LogP contribution is 2.36. The topological polar surface area (TPSA) is 55.6 Å². The van der Waals surface area contributed by atoms with Gasteiger partial charge in [0.1, 0.15) is 13.2 Å². The second kappa shape index (κ2) is 8.04. The quantitative estimate of drug-likeness (QED) is 0.586. The van der Waals surface area contributed by atoms with E-state index in [0.717, 1.165) is 11.1 Å². The van der Waals surface area contributed by atoms with E-state index >= 15 is 0 Å². The van der Waals surface area contributed by atoms with Crippen LogP contribution in [0.2, 0.25) is 0 Å². The highest BCUT2D eigenvalue weighted by atomic mass is 16.6. The number of esters is 1. The molecule has 1 fully saturated rings. The Bertz CT molecular complexity index is 684. The SMILES string of the molecule is CC(C)[C@@H]1[C@@H](C(=O)OCc2ccccc2)N1C(=O)OCc1ccccc1. The third kappa shape index (κ3) is 4.23. The third-order valence-corrected chi connectivity index (χ3v) is 4.42. The van der Waals surface area contributed by atoms with Crippen molar-refractivity contribution in [3.63, 3.8) is 0 Å². The molecule has 26 heavy (non-hydrogen) atoms. The maximum atomic E-state index is 12.4. The summed E-state index contributed by atoms with van der Waals surface area (Å²) in [4.78, 5) is 26.3. The average Bonchev–Trinajstić information content (AvgIpc) is 3.42. The largest absolute Gasteiger partial charge is 0.459 e. The van der Waals surface area contributed by atoms with Gasteiger partial charge in [-0.05, 0) is 17.0 Å². The van der Waals surface area contributed by atoms with Crippen LogP contribution in [0, 0.1) is 5.92 Å². The van der Waals surface area contributed by atoms with Gasteiger partial charge in [0.2, 0.25) is 0 Å². The number of rotatable bonds is 6. The van der Waals surface area contributed by atoms with Crippen LogP contribution in [0.25, 0.3) is 0 Å². The number of carbonyl (C=O) groups excluding carboxylic acids is 2. The Labute approximate surface area is 153 Å². The van der Waals surface area contributed by atoms with E-state index in [4.69, 9.17) is 9.47 Å². The Morgan fingerprint density at radius 2 is 1.38 bits per heavy atom. The van der Waals surface area contributed by atoms with Crippen molar-refractivity contribution in [3.8, 4) is 0 Å². The molecular formula is C21H23NO4. The van der Waals surface area contributed by atoms with Crippen molar-refractivity contribution in [1.29, 1.82) is 0 Å². The minimum absolute atomic E-state index is 0.147. The summed E-state index contributed by atoms with van der Waals surface area (Å²) in [5, 5.41) is 0. The molecule has 0 aromatic heterocycles. The Kier molecular flexibility index (Phi) is 5.56. The fourth-order valence-electron chi connectivity index (χ4n) is 3.03. The van der Waals surface area contributed by atoms with Crippen LogP contribution in [0.4, 0.5) is 4.79 Å². The van der Waals surface area contributed by atoms with E-state index in [0.29, 0.717) is 0 Å². The average molecular weight is 353 g/mol. The summed E-state index contributed by atoms with van der Waals surface area (Å²) in [6, 6.07) is 18.2. The fourth-order valence-corrected chi connectivity index (χ4v) is 3.03. The van der Waals surface area contributed by atoms with Gasteiger partial charge < -0.3 is 9.47 Å². The van der Waals surface area contributed by atoms with Crippen molar-refractivity contribution in [1.82, 2.24) is 4.90 Å². The van der Waals surface area contributed by atoms with Crippen molar-refractivity contribution >= 4 is 12.1 Å². The molecule has 0 bridgehead atoms. The number of hydrogen-bond donors (Lipinski definition) is 0. The van der Waals surface area contributed by atoms with Crippen LogP contribution in [0.1, 0.15) is 25.0 Å². The van der Waals surface area contributed by atoms with Crippen LogP contribution in [0.3, 0.4) is 0 Å². The number of amides is 1. The second-order valence-electron chi connectivity index (χ2n) is 6.72. The third-order valence-electron chi connectivity index (χ3n) is 4.42. The first kappa shape index (κ1) is 18.0. The first-order valence-corrected chi connectivity index (χ1v) is 8.77. The van der Waals surface area contributed by atoms with E-state index in [1.807, 2.05) is 74.5 Å². The zero-order chi connectivity index (χ0) is 18.5. The van der Waals surface area contributed by atoms with Gasteiger partial charge in [-0.2, -0.15) is 0 Å². The minimum Gasteiger partial charge on any atom is -0.459 e. The summed E-state index contributed by atoms with van der Waals surface area (Å²) >= 11 is 0. The van der Waals surface area contributed by atoms with Crippen molar-refractivity contribution in [2.24, 2.45) is 5.92 Å². The van der Waals surface area contributed by atoms with Crippen molar-refractivity contribution in [2.45, 2.75) is 39.1 Å². The Hall–Kier alpha value is -2.82. The van der Waals surface area contributed by atoms with E-state index in [1.165, 1.54) is 4.90 Å². The van der Waals surface area contributed by atoms with Gasteiger partial charge in [-0.3, -0.25) is 4.90 Å². The zero-order valence-electron chi connectivity index (χ0n) is 15.0. The lowest BCUT2D eigenvalue weighted by atomic mass is 10.1. The van der Waals surface area contributed by atoms with Gasteiger partial charge in [-0.25, -0.2) is 9.59 Å². The predicted octanol–water partition coefficient (Wildman–Crippen LogP) is 3.78. The highest BCUT2D eigenvalue weighted by Gasteiger charge is 2.58. The molecule has 0 saturated carbocycles. The molecule has 1 amide bonds. The molecule has 2 atom stereocenters. The van der Waals surface area contributed by atoms with E-state index in [2.05, 4.69) is 0 Å². The highest BCUT2D eigenvalue weighted by molar-refractivity contribution is 5.88. The molecule has 0 aliphatic carbocycles. The van der Waals surface area contributed by atoms with Crippen molar-refractivity contribution in [3.05, 3.63) is 71.8 Å². The first-order chi connectivity index (χ1) is 12.6. The molecule has 2 aromatic rings. The molecule has 2 aromatic carbocycles. The summed E-state index contributed by atoms with van der Waals surface area (Å²) in [5.41, 5.74) is 1.83. The molecular weight excluding hydrogens is 330 g/mol. The van der Waals surface area contributed by atoms with Crippen molar-refractivity contribution in [2.75, 3.05) is 0 Å². The second-order valence-corrected chi connectivity index (χ2v) is 6.72. The summed E-state index contributed by atoms with van der Waals surface area (Å²) in [7, 11) is 0. The Morgan fingerprint density at radius 3 is 1.88 bits per heavy atom. The molecule has 1 aliphatic heterocycles. The van der Waals surface area contributed by atoms with Gasteiger partial charge in [0.15, 0.2) is 6.04 Å². The van der Waals surface area contributed by atoms with Crippen LogP contribution >= 0.6 is 0 Å². The maximum Gasteiger partial charge on any atom is 0.411 e. The number of nitrogens with zero attached hydrogens (tertiary/aromatic N) is 1. The molecule has 0 unspecified atom stereocenters. The lowest BCUT2D eigenvalue weighted by Crippen LogP contribution is -2.21. The van der Waals surface area contributed by atoms with Gasteiger partial charge >= 0.3 is 12.1 Å². The number of hydrogen-bond acceptors (Lipinski definition) is 4. The summed E-state index contributed by atoms with van der Waals surface area (Å²) in [5.74, 6) is -0.238. The van der Waals surface area contributed by atoms with Gasteiger partial charge in [0.25, 0.3) is 0 Å². The smallest absolute Gasteiger partial charge is 0.411 e. The molecule has 1 saturated heterocycles. The van der Waals surface area contributed by atoms with E-state index in [-0.39, 0.29) is 31.1 Å². The number of ether oxygens (including phenoxy) is 2. The molecule has 3 rings (SSSR count). The molecule has 1 heterocycles. The monoisotopic (exact) mass is 353 g/mol. The van der Waals surface area contributed by atoms with Crippen LogP contribution in [-0.4, -0.2) is 29.0 Å². The van der Waals surface area contributed by atoms with Crippen LogP contribution in [0.5, 0.6) is 0 Å². The standard InChI is InChI=1S/C21H23NO4/c1-15(2)18-19(20(23)25-13-16-9-5-3-6-10-16)22(18)21(24)26-14-17-11-7-4-8-12-17/h3-12,15,18-19H,13-14H2,1-2H3/t18-,19+,22?/m1/s1. The Morgan fingerprint density at radius 1 is 0.885 bits per heavy atom. The molecule has 5 nitrogen and oxygen atoms in total. The van der Waals surface area contributed by atoms with E-state index in [9.17, 15) is 9.59 Å². The molecule has 1 aliphatic rings. The van der Waals surface area contributed by atoms with E-state index < -0.39 is 12.1 Å². The number of benzene rings is 2. The summed E-state index contributed by atoms with van der Waals surface area (Å²) in [6.45, 7) is 4.35. The molecule has 136 valence electrons. The summed E-state index contributed by atoms with van der Waals surface area (Å²) < 4.78 is 10.7. The minimum atomic E-state index is -0.568. The fraction of sp³-hybridized carbons (Fsp3) is 0.333. The lowest BCUT2D eigenvalue weighted by molar-refractivity contribution is -0.145. The van der Waals surface area contributed by atoms with Crippen LogP contribution < -0.4 is 0 Å². The molecule has 5 heteroatoms. The Balaban J connectivity index is 1.56. The van der Waals surface area contributed by atoms with Gasteiger partial charge in [-0.1, -0.05) is 74.5 Å². The normalized spacial score (nSPS) is 18.5. The summed E-state index contributed by atoms with van der Waals surface area (Å²) in [6.07, 6.45) is -0.478. The predicted molar refractivity (Wildman–Crippen MR) is 97.1 cm³/mol. The number of carbonyl (C=O) groups is 2. The van der Waals surface area contributed by atoms with Gasteiger partial charge in [-0.15, -0.1) is 0 Å².